The first-order valence-electron chi connectivity index (χ1n) is 13.3. The van der Waals surface area contributed by atoms with E-state index in [2.05, 4.69) is 20.9 Å². The first-order valence-corrected chi connectivity index (χ1v) is 13.3. The molecule has 15 heteroatoms. The van der Waals surface area contributed by atoms with Crippen molar-refractivity contribution in [1.82, 2.24) is 9.72 Å². The number of anilines is 3. The molecule has 2 heterocycles. The molecule has 0 unspecified atom stereocenters. The van der Waals surface area contributed by atoms with E-state index in [4.69, 9.17) is 10.3 Å². The predicted octanol–water partition coefficient (Wildman–Crippen LogP) is 5.14. The number of nitrogens with two attached hydrogens (primary N) is 1. The van der Waals surface area contributed by atoms with Crippen LogP contribution in [-0.4, -0.2) is 41.4 Å². The maximum atomic E-state index is 13.5. The van der Waals surface area contributed by atoms with E-state index in [9.17, 15) is 36.7 Å². The van der Waals surface area contributed by atoms with Crippen LogP contribution in [0.4, 0.5) is 34.6 Å². The average molecular weight is 631 g/mol. The van der Waals surface area contributed by atoms with Crippen molar-refractivity contribution in [3.8, 4) is 11.1 Å². The SMILES string of the molecule is CCNc1c(C=O)cc(C(F)(F)F)nc1C(=O)Nc1ccc(F)c(C(N)=O)c1.CNc1ccc(-c2c(C)on(C)c2=O)cc1C. The topological polar surface area (TPSA) is 161 Å². The van der Waals surface area contributed by atoms with Crippen molar-refractivity contribution >= 4 is 35.2 Å². The van der Waals surface area contributed by atoms with Gasteiger partial charge in [0.2, 0.25) is 0 Å². The van der Waals surface area contributed by atoms with Gasteiger partial charge in [0.1, 0.15) is 17.3 Å². The lowest BCUT2D eigenvalue weighted by molar-refractivity contribution is -0.141. The van der Waals surface area contributed by atoms with Gasteiger partial charge < -0.3 is 26.2 Å². The van der Waals surface area contributed by atoms with Crippen LogP contribution in [0.2, 0.25) is 0 Å². The Labute approximate surface area is 254 Å². The number of hydrogen-bond acceptors (Lipinski definition) is 8. The Hall–Kier alpha value is -5.47. The van der Waals surface area contributed by atoms with Crippen LogP contribution in [0, 0.1) is 19.7 Å². The van der Waals surface area contributed by atoms with Crippen molar-refractivity contribution in [3.63, 3.8) is 0 Å². The zero-order chi connectivity index (χ0) is 33.6. The average Bonchev–Trinajstić information content (AvgIpc) is 3.23. The zero-order valence-corrected chi connectivity index (χ0v) is 24.9. The Morgan fingerprint density at radius 3 is 2.31 bits per heavy atom. The lowest BCUT2D eigenvalue weighted by Gasteiger charge is -2.16. The number of primary amides is 1. The van der Waals surface area contributed by atoms with Gasteiger partial charge in [-0.3, -0.25) is 19.2 Å². The molecular formula is C30H30F4N6O5. The molecule has 4 aromatic rings. The lowest BCUT2D eigenvalue weighted by Crippen LogP contribution is -2.22. The summed E-state index contributed by atoms with van der Waals surface area (Å²) in [5.74, 6) is -2.48. The second-order valence-electron chi connectivity index (χ2n) is 9.58. The van der Waals surface area contributed by atoms with E-state index in [0.717, 1.165) is 35.0 Å². The van der Waals surface area contributed by atoms with Gasteiger partial charge in [-0.2, -0.15) is 17.9 Å². The molecule has 0 aliphatic rings. The molecule has 0 saturated carbocycles. The maximum absolute atomic E-state index is 13.5. The first kappa shape index (κ1) is 34.0. The molecule has 4 rings (SSSR count). The summed E-state index contributed by atoms with van der Waals surface area (Å²) in [5.41, 5.74) is 5.27. The molecule has 238 valence electrons. The standard InChI is InChI=1S/C17H14F4N4O3.C13H16N2O2/c1-2-23-13-8(7-26)5-12(17(19,20)21)25-14(13)16(28)24-9-3-4-11(18)10(6-9)15(22)27;1-8-7-10(5-6-11(8)14-3)12-9(2)17-15(4)13(12)16/h3-7,23H,2H2,1H3,(H2,22,27)(H,24,28);5-7,14H,1-4H3. The van der Waals surface area contributed by atoms with Crippen LogP contribution in [0.25, 0.3) is 11.1 Å². The molecular weight excluding hydrogens is 600 g/mol. The van der Waals surface area contributed by atoms with E-state index < -0.39 is 46.3 Å². The summed E-state index contributed by atoms with van der Waals surface area (Å²) >= 11 is 0. The molecule has 2 aromatic carbocycles. The van der Waals surface area contributed by atoms with Gasteiger partial charge in [-0.1, -0.05) is 6.07 Å². The fraction of sp³-hybridized carbons (Fsp3) is 0.233. The van der Waals surface area contributed by atoms with Crippen LogP contribution in [0.5, 0.6) is 0 Å². The third-order valence-electron chi connectivity index (χ3n) is 6.44. The largest absolute Gasteiger partial charge is 0.433 e. The van der Waals surface area contributed by atoms with E-state index in [1.807, 2.05) is 32.2 Å². The fourth-order valence-corrected chi connectivity index (χ4v) is 4.34. The van der Waals surface area contributed by atoms with Crippen LogP contribution < -0.4 is 27.2 Å². The Morgan fingerprint density at radius 2 is 1.80 bits per heavy atom. The highest BCUT2D eigenvalue weighted by molar-refractivity contribution is 6.09. The number of aromatic nitrogens is 2. The molecule has 2 amide bonds. The molecule has 45 heavy (non-hydrogen) atoms. The summed E-state index contributed by atoms with van der Waals surface area (Å²) in [6.45, 7) is 5.61. The number of rotatable bonds is 8. The highest BCUT2D eigenvalue weighted by atomic mass is 19.4. The van der Waals surface area contributed by atoms with E-state index >= 15 is 0 Å². The molecule has 0 saturated heterocycles. The summed E-state index contributed by atoms with van der Waals surface area (Å²) in [4.78, 5) is 50.1. The van der Waals surface area contributed by atoms with Gasteiger partial charge in [-0.15, -0.1) is 0 Å². The van der Waals surface area contributed by atoms with Crippen molar-refractivity contribution in [2.75, 3.05) is 29.5 Å². The number of aryl methyl sites for hydroxylation is 3. The van der Waals surface area contributed by atoms with Crippen LogP contribution in [0.3, 0.4) is 0 Å². The molecule has 11 nitrogen and oxygen atoms in total. The predicted molar refractivity (Wildman–Crippen MR) is 160 cm³/mol. The van der Waals surface area contributed by atoms with E-state index in [0.29, 0.717) is 17.4 Å². The van der Waals surface area contributed by atoms with Gasteiger partial charge in [-0.05, 0) is 68.3 Å². The number of alkyl halides is 3. The van der Waals surface area contributed by atoms with Crippen molar-refractivity contribution in [1.29, 1.82) is 0 Å². The van der Waals surface area contributed by atoms with Gasteiger partial charge in [0.05, 0.1) is 16.8 Å². The van der Waals surface area contributed by atoms with E-state index in [1.165, 1.54) is 4.74 Å². The zero-order valence-electron chi connectivity index (χ0n) is 24.9. The van der Waals surface area contributed by atoms with Gasteiger partial charge in [0, 0.05) is 37.6 Å². The summed E-state index contributed by atoms with van der Waals surface area (Å²) in [6.07, 6.45) is -4.73. The van der Waals surface area contributed by atoms with E-state index in [1.54, 1.807) is 20.9 Å². The molecule has 5 N–H and O–H groups in total. The van der Waals surface area contributed by atoms with Crippen LogP contribution in [0.15, 0.2) is 51.8 Å². The lowest BCUT2D eigenvalue weighted by atomic mass is 10.0. The third-order valence-corrected chi connectivity index (χ3v) is 6.44. The molecule has 0 atom stereocenters. The number of pyridine rings is 1. The Kier molecular flexibility index (Phi) is 10.5. The van der Waals surface area contributed by atoms with Gasteiger partial charge >= 0.3 is 6.18 Å². The van der Waals surface area contributed by atoms with Gasteiger partial charge in [0.15, 0.2) is 12.0 Å². The van der Waals surface area contributed by atoms with Crippen molar-refractivity contribution in [2.45, 2.75) is 26.9 Å². The van der Waals surface area contributed by atoms with Gasteiger partial charge in [0.25, 0.3) is 17.4 Å². The number of carbonyl (C=O) groups excluding carboxylic acids is 3. The molecule has 2 aromatic heterocycles. The number of aldehydes is 1. The first-order chi connectivity index (χ1) is 21.1. The third kappa shape index (κ3) is 7.74. The number of halogens is 4. The molecule has 0 radical (unpaired) electrons. The summed E-state index contributed by atoms with van der Waals surface area (Å²) in [5, 5.41) is 7.94. The van der Waals surface area contributed by atoms with Crippen LogP contribution in [0.1, 0.15) is 55.1 Å². The quantitative estimate of drug-likeness (QED) is 0.154. The Morgan fingerprint density at radius 1 is 1.11 bits per heavy atom. The number of nitrogens with one attached hydrogen (secondary N) is 3. The second-order valence-corrected chi connectivity index (χ2v) is 9.58. The molecule has 0 fully saturated rings. The summed E-state index contributed by atoms with van der Waals surface area (Å²) in [6, 6.07) is 9.28. The minimum atomic E-state index is -4.90. The minimum Gasteiger partial charge on any atom is -0.388 e. The number of nitrogens with zero attached hydrogens (tertiary/aromatic N) is 2. The Balaban J connectivity index is 0.000000276. The molecule has 0 aliphatic heterocycles. The van der Waals surface area contributed by atoms with Crippen molar-refractivity contribution < 1.29 is 36.5 Å². The van der Waals surface area contributed by atoms with Crippen LogP contribution in [-0.2, 0) is 13.2 Å². The monoisotopic (exact) mass is 630 g/mol. The highest BCUT2D eigenvalue weighted by Gasteiger charge is 2.35. The fourth-order valence-electron chi connectivity index (χ4n) is 4.34. The molecule has 0 aliphatic carbocycles. The Bertz CT molecular complexity index is 1810. The molecule has 0 bridgehead atoms. The highest BCUT2D eigenvalue weighted by Crippen LogP contribution is 2.32. The minimum absolute atomic E-state index is 0.0980. The number of hydrogen-bond donors (Lipinski definition) is 4. The number of amides is 2. The smallest absolute Gasteiger partial charge is 0.388 e. The van der Waals surface area contributed by atoms with Gasteiger partial charge in [-0.25, -0.2) is 9.37 Å². The van der Waals surface area contributed by atoms with E-state index in [-0.39, 0.29) is 29.8 Å². The second kappa shape index (κ2) is 13.9. The molecule has 0 spiro atoms. The maximum Gasteiger partial charge on any atom is 0.433 e. The summed E-state index contributed by atoms with van der Waals surface area (Å²) in [7, 11) is 3.50. The summed E-state index contributed by atoms with van der Waals surface area (Å²) < 4.78 is 59.2. The number of carbonyl (C=O) groups is 3. The van der Waals surface area contributed by atoms with Crippen molar-refractivity contribution in [3.05, 3.63) is 92.5 Å². The van der Waals surface area contributed by atoms with Crippen LogP contribution >= 0.6 is 0 Å². The van der Waals surface area contributed by atoms with Crippen molar-refractivity contribution in [2.24, 2.45) is 12.8 Å². The normalized spacial score (nSPS) is 10.9. The number of benzene rings is 2.